The van der Waals surface area contributed by atoms with E-state index in [-0.39, 0.29) is 3.99 Å². The number of hydrogen-bond acceptors (Lipinski definition) is 2. The maximum atomic E-state index is 9.63. The Morgan fingerprint density at radius 3 is 2.20 bits per heavy atom. The van der Waals surface area contributed by atoms with Crippen molar-refractivity contribution in [3.05, 3.63) is 0 Å². The number of carbonyl (C=O) groups excluding carboxylic acids is 1. The molecule has 2 nitrogen and oxygen atoms in total. The normalized spacial score (nSPS) is 6.80. The molecule has 0 aliphatic heterocycles. The first-order valence-corrected chi connectivity index (χ1v) is 2.49. The van der Waals surface area contributed by atoms with Crippen LogP contribution in [-0.2, 0) is 4.74 Å². The Morgan fingerprint density at radius 2 is 2.20 bits per heavy atom. The maximum absolute atomic E-state index is 9.63. The number of methoxy groups -OCH3 is 1. The van der Waals surface area contributed by atoms with Crippen molar-refractivity contribution in [3.63, 3.8) is 0 Å². The van der Waals surface area contributed by atoms with Gasteiger partial charge in [-0.15, -0.1) is 0 Å². The molecular weight excluding hydrogens is 175 g/mol. The van der Waals surface area contributed by atoms with Gasteiger partial charge in [-0.2, -0.15) is 0 Å². The molecule has 0 rings (SSSR count). The Hall–Kier alpha value is 0.269. The van der Waals surface area contributed by atoms with Crippen LogP contribution in [0.3, 0.4) is 0 Å². The first-order chi connectivity index (χ1) is 2.27. The number of rotatable bonds is 0. The third kappa shape index (κ3) is 4.27. The van der Waals surface area contributed by atoms with Gasteiger partial charge >= 0.3 is 43.2 Å². The Morgan fingerprint density at radius 1 is 2.00 bits per heavy atom. The van der Waals surface area contributed by atoms with Crippen molar-refractivity contribution in [2.45, 2.75) is 0 Å². The van der Waals surface area contributed by atoms with Crippen LogP contribution >= 0.6 is 0 Å². The predicted molar refractivity (Wildman–Crippen MR) is 18.2 cm³/mol. The van der Waals surface area contributed by atoms with Crippen molar-refractivity contribution in [3.8, 4) is 0 Å². The fourth-order valence-electron chi connectivity index (χ4n) is 0. The van der Waals surface area contributed by atoms with E-state index in [1.54, 1.807) is 0 Å². The molecule has 0 saturated heterocycles. The molecule has 0 aromatic rings. The fourth-order valence-corrected chi connectivity index (χ4v) is 0. The second kappa shape index (κ2) is 2.50. The van der Waals surface area contributed by atoms with Crippen molar-refractivity contribution in [2.75, 3.05) is 7.11 Å². The molecule has 0 heterocycles. The summed E-state index contributed by atoms with van der Waals surface area (Å²) in [4.78, 5) is 9.63. The van der Waals surface area contributed by atoms with Gasteiger partial charge in [-0.25, -0.2) is 0 Å². The standard InChI is InChI=1S/C2H3O2.Sn/c1-4-2-3;/h1H3;. The van der Waals surface area contributed by atoms with Crippen LogP contribution in [0.1, 0.15) is 0 Å². The Balaban J connectivity index is 2.85. The van der Waals surface area contributed by atoms with Gasteiger partial charge in [0.15, 0.2) is 0 Å². The fraction of sp³-hybridized carbons (Fsp3) is 0.500. The van der Waals surface area contributed by atoms with E-state index in [1.165, 1.54) is 7.11 Å². The molecule has 0 aromatic heterocycles. The van der Waals surface area contributed by atoms with Gasteiger partial charge in [-0.1, -0.05) is 0 Å². The molecule has 0 aromatic carbocycles. The topological polar surface area (TPSA) is 26.3 Å². The van der Waals surface area contributed by atoms with E-state index in [2.05, 4.69) is 4.74 Å². The number of carbonyl (C=O) groups is 1. The second-order valence-corrected chi connectivity index (χ2v) is 1.66. The monoisotopic (exact) mass is 179 g/mol. The van der Waals surface area contributed by atoms with Crippen molar-refractivity contribution < 1.29 is 9.53 Å². The summed E-state index contributed by atoms with van der Waals surface area (Å²) in [6, 6.07) is 0. The van der Waals surface area contributed by atoms with Gasteiger partial charge in [-0.05, 0) is 0 Å². The van der Waals surface area contributed by atoms with Gasteiger partial charge in [0.1, 0.15) is 0 Å². The summed E-state index contributed by atoms with van der Waals surface area (Å²) in [5.74, 6) is 0. The van der Waals surface area contributed by atoms with Crippen molar-refractivity contribution in [1.29, 1.82) is 0 Å². The van der Waals surface area contributed by atoms with Crippen LogP contribution in [0.4, 0.5) is 4.79 Å². The molecule has 0 aliphatic carbocycles. The summed E-state index contributed by atoms with van der Waals surface area (Å²) in [7, 11) is 1.37. The molecular formula is C2H3O2Sn. The molecule has 0 bridgehead atoms. The van der Waals surface area contributed by atoms with E-state index in [0.717, 1.165) is 22.5 Å². The summed E-state index contributed by atoms with van der Waals surface area (Å²) in [5, 5.41) is 0. The summed E-state index contributed by atoms with van der Waals surface area (Å²) in [6.45, 7) is 0. The quantitative estimate of drug-likeness (QED) is 0.484. The van der Waals surface area contributed by atoms with Gasteiger partial charge < -0.3 is 0 Å². The third-order valence-corrected chi connectivity index (χ3v) is 0.768. The van der Waals surface area contributed by atoms with E-state index in [1.807, 2.05) is 0 Å². The zero-order valence-corrected chi connectivity index (χ0v) is 5.67. The summed E-state index contributed by atoms with van der Waals surface area (Å²) in [6.07, 6.45) is 0. The Kier molecular flexibility index (Phi) is 2.64. The molecule has 0 atom stereocenters. The molecule has 0 unspecified atom stereocenters. The van der Waals surface area contributed by atoms with Crippen LogP contribution in [0.15, 0.2) is 0 Å². The zero-order chi connectivity index (χ0) is 4.28. The molecule has 0 saturated carbocycles. The Labute approximate surface area is 43.6 Å². The molecule has 27 valence electrons. The van der Waals surface area contributed by atoms with E-state index in [9.17, 15) is 4.79 Å². The minimum absolute atomic E-state index is 0.155. The van der Waals surface area contributed by atoms with Crippen LogP contribution in [0.25, 0.3) is 0 Å². The van der Waals surface area contributed by atoms with Crippen LogP contribution in [0.2, 0.25) is 0 Å². The van der Waals surface area contributed by atoms with Crippen LogP contribution in [0.5, 0.6) is 0 Å². The molecule has 0 amide bonds. The van der Waals surface area contributed by atoms with Crippen molar-refractivity contribution in [2.24, 2.45) is 0 Å². The van der Waals surface area contributed by atoms with Gasteiger partial charge in [0.2, 0.25) is 0 Å². The van der Waals surface area contributed by atoms with E-state index < -0.39 is 0 Å². The second-order valence-electron chi connectivity index (χ2n) is 0.492. The summed E-state index contributed by atoms with van der Waals surface area (Å²) >= 11 is 0.809. The van der Waals surface area contributed by atoms with Crippen molar-refractivity contribution in [1.82, 2.24) is 0 Å². The summed E-state index contributed by atoms with van der Waals surface area (Å²) in [5.41, 5.74) is 0. The van der Waals surface area contributed by atoms with Gasteiger partial charge in [-0.3, -0.25) is 0 Å². The van der Waals surface area contributed by atoms with Crippen LogP contribution in [0, 0.1) is 0 Å². The average Bonchev–Trinajstić information content (AvgIpc) is 1.38. The van der Waals surface area contributed by atoms with Crippen molar-refractivity contribution >= 4 is 26.5 Å². The molecule has 0 fully saturated rings. The van der Waals surface area contributed by atoms with Crippen LogP contribution < -0.4 is 0 Å². The minimum atomic E-state index is -0.155. The first-order valence-electron chi connectivity index (χ1n) is 1.07. The molecule has 0 spiro atoms. The van der Waals surface area contributed by atoms with E-state index >= 15 is 0 Å². The summed E-state index contributed by atoms with van der Waals surface area (Å²) < 4.78 is 4.00. The molecule has 0 N–H and O–H groups in total. The molecule has 3 radical (unpaired) electrons. The average molecular weight is 178 g/mol. The number of hydrogen-bond donors (Lipinski definition) is 0. The van der Waals surface area contributed by atoms with Gasteiger partial charge in [0.05, 0.1) is 0 Å². The molecule has 5 heavy (non-hydrogen) atoms. The predicted octanol–water partition coefficient (Wildman–Crippen LogP) is -0.0787. The third-order valence-electron chi connectivity index (χ3n) is 0.185. The Bertz CT molecular complexity index is 42.9. The molecule has 3 heteroatoms. The van der Waals surface area contributed by atoms with Crippen LogP contribution in [-0.4, -0.2) is 33.6 Å². The van der Waals surface area contributed by atoms with Gasteiger partial charge in [0.25, 0.3) is 0 Å². The zero-order valence-electron chi connectivity index (χ0n) is 2.82. The van der Waals surface area contributed by atoms with E-state index in [4.69, 9.17) is 0 Å². The van der Waals surface area contributed by atoms with Gasteiger partial charge in [0, 0.05) is 0 Å². The SMILES string of the molecule is CO[C](=O)[Sn]. The first kappa shape index (κ1) is 5.27. The molecule has 0 aliphatic rings. The van der Waals surface area contributed by atoms with E-state index in [0.29, 0.717) is 0 Å². The number of ether oxygens (including phenoxy) is 1.